The molecule has 50 heteroatoms. The SMILES string of the molecule is Cc1cc2nc3c(=O)[nH]c(=O)nc-3n(C[C@H](O)[C@H](O)[C@H](O)CO)c2cc1C.OC[C@H]1O[C@@H]2O[C@H]3[C@H](O)[C@@H](O)[C@@H](O[C@H]4[C@H](O)[C@@H](O)[C@@H](O[C@H]5[C@H](O)[C@@H](O)[C@@H](O[C@H]6[C@H](O)[C@@H](O)[C@@H](O[C@H]7[C@H](O)[C@@H](O)[C@@H](O[C@H]8[C@H](O)[C@@H](O)[C@@H](O[C@H]9[C@H](O)[C@@H](O)[C@@H](O[C@H]1[C@H](O)[C@H]2O)O[C@@H]9CO)O[C@@H]8CO)O[C@@H]7CO)O[C@@H]6CO)O[C@@H]5CO)O[C@@H]4CO)O[C@@H]3CO. The number of nitrogens with zero attached hydrogens (tertiary/aromatic N) is 3. The van der Waals surface area contributed by atoms with Crippen molar-refractivity contribution in [3.8, 4) is 11.5 Å². The Balaban J connectivity index is 0.000000405. The van der Waals surface area contributed by atoms with Crippen LogP contribution in [0.2, 0.25) is 0 Å². The molecule has 30 saturated heterocycles. The van der Waals surface area contributed by atoms with Gasteiger partial charge in [-0.05, 0) is 37.1 Å². The third-order valence-electron chi connectivity index (χ3n) is 21.5. The molecule has 1 aromatic rings. The van der Waals surface area contributed by atoms with Crippen molar-refractivity contribution in [2.45, 2.75) is 284 Å². The van der Waals surface area contributed by atoms with E-state index in [-0.39, 0.29) is 18.1 Å². The van der Waals surface area contributed by atoms with Crippen LogP contribution in [0.3, 0.4) is 0 Å². The van der Waals surface area contributed by atoms with Crippen LogP contribution in [0.4, 0.5) is 0 Å². The first-order valence-corrected chi connectivity index (χ1v) is 36.4. The van der Waals surface area contributed by atoms with Gasteiger partial charge in [-0.3, -0.25) is 9.78 Å². The van der Waals surface area contributed by atoms with Crippen molar-refractivity contribution in [2.75, 3.05) is 59.5 Å². The van der Waals surface area contributed by atoms with Gasteiger partial charge in [0.25, 0.3) is 5.56 Å². The van der Waals surface area contributed by atoms with Crippen LogP contribution in [-0.4, -0.2) is 486 Å². The van der Waals surface area contributed by atoms with E-state index in [9.17, 15) is 147 Å². The minimum atomic E-state index is -2.25. The summed E-state index contributed by atoms with van der Waals surface area (Å²) >= 11 is 0. The van der Waals surface area contributed by atoms with Crippen LogP contribution in [0.25, 0.3) is 22.6 Å². The number of hydrogen-bond acceptors (Lipinski definition) is 48. The summed E-state index contributed by atoms with van der Waals surface area (Å²) in [5.41, 5.74) is 1.11. The quantitative estimate of drug-likeness (QED) is 0.0707. The zero-order valence-corrected chi connectivity index (χ0v) is 60.8. The van der Waals surface area contributed by atoms with Crippen LogP contribution in [-0.2, 0) is 82.3 Å². The van der Waals surface area contributed by atoms with Crippen LogP contribution in [0, 0.1) is 13.8 Å². The lowest BCUT2D eigenvalue weighted by Gasteiger charge is -2.50. The van der Waals surface area contributed by atoms with Crippen molar-refractivity contribution in [2.24, 2.45) is 0 Å². The fourth-order valence-electron chi connectivity index (χ4n) is 14.8. The molecule has 0 amide bonds. The maximum absolute atomic E-state index is 12.2. The van der Waals surface area contributed by atoms with E-state index in [1.807, 2.05) is 13.8 Å². The van der Waals surface area contributed by atoms with E-state index in [1.54, 1.807) is 12.1 Å². The highest BCUT2D eigenvalue weighted by Gasteiger charge is 2.61. The van der Waals surface area contributed by atoms with Crippen molar-refractivity contribution in [3.05, 3.63) is 44.1 Å². The third kappa shape index (κ3) is 18.6. The molecule has 32 aliphatic heterocycles. The average Bonchev–Trinajstić information content (AvgIpc) is 0.767. The van der Waals surface area contributed by atoms with Gasteiger partial charge in [-0.25, -0.2) is 9.78 Å². The van der Waals surface area contributed by atoms with Crippen LogP contribution in [0.1, 0.15) is 11.1 Å². The zero-order valence-electron chi connectivity index (χ0n) is 60.8. The fourth-order valence-corrected chi connectivity index (χ4v) is 14.8. The Morgan fingerprint density at radius 3 is 0.774 bits per heavy atom. The predicted octanol–water partition coefficient (Wildman–Crippen LogP) is -19.1. The Bertz CT molecular complexity index is 3230. The Morgan fingerprint density at radius 1 is 0.330 bits per heavy atom. The second-order valence-corrected chi connectivity index (χ2v) is 29.0. The first kappa shape index (κ1) is 91.5. The molecule has 0 aromatic heterocycles. The van der Waals surface area contributed by atoms with Crippen LogP contribution in [0.5, 0.6) is 0 Å². The van der Waals surface area contributed by atoms with Crippen LogP contribution >= 0.6 is 0 Å². The van der Waals surface area contributed by atoms with Gasteiger partial charge >= 0.3 is 5.69 Å². The molecule has 0 unspecified atom stereocenters. The molecule has 32 aliphatic rings. The van der Waals surface area contributed by atoms with E-state index in [1.165, 1.54) is 4.57 Å². The predicted molar refractivity (Wildman–Crippen MR) is 357 cm³/mol. The molecule has 30 fully saturated rings. The normalized spacial score (nSPS) is 45.9. The summed E-state index contributed by atoms with van der Waals surface area (Å²) in [5, 5.41) is 304. The Hall–Kier alpha value is -4.26. The second kappa shape index (κ2) is 38.9. The van der Waals surface area contributed by atoms with Crippen LogP contribution < -0.4 is 11.2 Å². The van der Waals surface area contributed by atoms with Crippen molar-refractivity contribution >= 4 is 11.0 Å². The monoisotopic (exact) mass is 1670 g/mol. The third-order valence-corrected chi connectivity index (χ3v) is 21.5. The van der Waals surface area contributed by atoms with Gasteiger partial charge in [-0.15, -0.1) is 0 Å². The molecule has 33 rings (SSSR count). The first-order valence-electron chi connectivity index (χ1n) is 36.4. The summed E-state index contributed by atoms with van der Waals surface area (Å²) in [6.45, 7) is -5.91. The van der Waals surface area contributed by atoms with Gasteiger partial charge in [0, 0.05) is 0 Å². The summed E-state index contributed by atoms with van der Waals surface area (Å²) in [7, 11) is 0. The highest BCUT2D eigenvalue weighted by molar-refractivity contribution is 5.81. The van der Waals surface area contributed by atoms with Gasteiger partial charge in [-0.2, -0.15) is 4.98 Å². The van der Waals surface area contributed by atoms with Crippen molar-refractivity contribution < 1.29 is 219 Å². The lowest BCUT2D eigenvalue weighted by atomic mass is 9.94. The Labute approximate surface area is 647 Å². The van der Waals surface area contributed by atoms with Gasteiger partial charge in [0.05, 0.1) is 77.0 Å². The number of rotatable bonds is 13. The number of aromatic nitrogens is 4. The number of H-pyrrole nitrogens is 1. The molecule has 115 heavy (non-hydrogen) atoms. The fraction of sp³-hybridized carbons (Fsp3) is 0.846. The topological polar surface area (TPSA) is 795 Å². The van der Waals surface area contributed by atoms with E-state index in [0.29, 0.717) is 11.0 Å². The van der Waals surface area contributed by atoms with Gasteiger partial charge in [-0.1, -0.05) is 0 Å². The number of aryl methyl sites for hydroxylation is 2. The largest absolute Gasteiger partial charge is 0.394 e. The van der Waals surface area contributed by atoms with E-state index in [0.717, 1.165) is 11.1 Å². The summed E-state index contributed by atoms with van der Waals surface area (Å²) in [6.07, 6.45) is -86.6. The van der Waals surface area contributed by atoms with Crippen molar-refractivity contribution in [1.29, 1.82) is 0 Å². The summed E-state index contributed by atoms with van der Waals surface area (Å²) < 4.78 is 92.5. The second-order valence-electron chi connectivity index (χ2n) is 29.0. The van der Waals surface area contributed by atoms with E-state index in [4.69, 9.17) is 80.9 Å². The molecular weight excluding hydrogens is 1570 g/mol. The van der Waals surface area contributed by atoms with E-state index in [2.05, 4.69) is 15.0 Å². The number of aliphatic hydroxyl groups excluding tert-OH is 28. The van der Waals surface area contributed by atoms with Gasteiger partial charge in [0.1, 0.15) is 214 Å². The molecule has 0 aliphatic carbocycles. The molecule has 656 valence electrons. The number of ether oxygens (including phenoxy) is 16. The smallest absolute Gasteiger partial charge is 0.349 e. The molecule has 0 saturated carbocycles. The molecule has 32 heterocycles. The average molecular weight is 1670 g/mol. The number of nitrogens with one attached hydrogen (secondary N) is 1. The molecule has 0 spiro atoms. The number of fused-ring (bicyclic) bond motifs is 2. The highest BCUT2D eigenvalue weighted by atomic mass is 16.8. The summed E-state index contributed by atoms with van der Waals surface area (Å²) in [5.74, 6) is -0.0516. The maximum atomic E-state index is 12.2. The first-order chi connectivity index (χ1) is 54.6. The minimum Gasteiger partial charge on any atom is -0.394 e. The molecule has 43 atom stereocenters. The standard InChI is InChI=1S/C48H80O40.C17H20N4O6/c49-1-9-33-17(57)25(65)41(73-9)82-34-10(2-50)75-43(27(67)19(34)59)84-36-12(4-52)77-45(29(69)21(36)61)86-38-14(6-54)79-47(31(71)23(38)63)88-40-16(8-56)80-48(32(72)24(40)64)87-39-15(7-55)78-46(30(70)22(39)62)85-37-13(5-53)76-44(28(68)20(37)60)83-35-11(3-51)74-42(81-33)26(66)18(35)58;1-7-3-9-10(4-8(7)2)21(5-11(23)14(25)12(24)6-22)15-13(18-9)16(26)20-17(27)19-15/h9-72H,1-8H2;3-4,11-12,14,22-25H,5-6H2,1-2H3,(H,20,26,27)/t9-,10-,11-,12-,13-,14-,15-,16-,17-,18-,19-,20-,21-,22-,23-,24-,25-,26-,27-,28-,29-,30-,31-,32-,33-,34-,35-,36-,37-,38-,39-,40-,41-,42-,43-,44-,45-,46-,47-,48-;11-,12+,14-/m10/s1. The van der Waals surface area contributed by atoms with Crippen molar-refractivity contribution in [1.82, 2.24) is 19.5 Å². The number of hydrogen-bond donors (Lipinski definition) is 29. The summed E-state index contributed by atoms with van der Waals surface area (Å²) in [6, 6.07) is 3.53. The molecule has 16 bridgehead atoms. The van der Waals surface area contributed by atoms with Crippen LogP contribution in [0.15, 0.2) is 21.7 Å². The van der Waals surface area contributed by atoms with E-state index < -0.39 is 335 Å². The lowest BCUT2D eigenvalue weighted by Crippen LogP contribution is -2.69. The molecule has 1 aromatic carbocycles. The van der Waals surface area contributed by atoms with Gasteiger partial charge < -0.3 is 223 Å². The van der Waals surface area contributed by atoms with Gasteiger partial charge in [0.2, 0.25) is 0 Å². The molecule has 50 nitrogen and oxygen atoms in total. The summed E-state index contributed by atoms with van der Waals surface area (Å²) in [4.78, 5) is 34.0. The number of aromatic amines is 1. The number of benzene rings is 1. The van der Waals surface area contributed by atoms with Gasteiger partial charge in [0.15, 0.2) is 61.8 Å². The maximum Gasteiger partial charge on any atom is 0.349 e. The zero-order chi connectivity index (χ0) is 83.9. The molecule has 29 N–H and O–H groups in total. The Morgan fingerprint density at radius 2 is 0.557 bits per heavy atom. The van der Waals surface area contributed by atoms with Crippen molar-refractivity contribution in [3.63, 3.8) is 0 Å². The Kier molecular flexibility index (Phi) is 30.9. The molecule has 0 radical (unpaired) electrons. The minimum absolute atomic E-state index is 0.0516. The highest BCUT2D eigenvalue weighted by Crippen LogP contribution is 2.40. The number of aliphatic hydroxyl groups is 28. The lowest BCUT2D eigenvalue weighted by molar-refractivity contribution is -0.404. The molecular formula is C65H100N4O46. The van der Waals surface area contributed by atoms with E-state index >= 15 is 0 Å².